The summed E-state index contributed by atoms with van der Waals surface area (Å²) >= 11 is 0. The van der Waals surface area contributed by atoms with Crippen molar-refractivity contribution in [3.63, 3.8) is 0 Å². The minimum Gasteiger partial charge on any atom is -0.392 e. The molecule has 0 amide bonds. The minimum absolute atomic E-state index is 0.0336. The van der Waals surface area contributed by atoms with E-state index < -0.39 is 0 Å². The van der Waals surface area contributed by atoms with E-state index in [2.05, 4.69) is 9.38 Å². The van der Waals surface area contributed by atoms with Crippen LogP contribution in [0.2, 0.25) is 0 Å². The van der Waals surface area contributed by atoms with Gasteiger partial charge in [0, 0.05) is 35.2 Å². The maximum absolute atomic E-state index is 9.45. The molecule has 3 rings (SSSR count). The molecule has 84 valence electrons. The van der Waals surface area contributed by atoms with E-state index >= 15 is 0 Å². The summed E-state index contributed by atoms with van der Waals surface area (Å²) in [5.74, 6) is 0. The van der Waals surface area contributed by atoms with Crippen molar-refractivity contribution < 1.29 is 5.11 Å². The minimum atomic E-state index is 0.0336. The number of fused-ring (bicyclic) bond motifs is 1. The third-order valence-electron chi connectivity index (χ3n) is 2.86. The van der Waals surface area contributed by atoms with Crippen molar-refractivity contribution in [3.05, 3.63) is 60.6 Å². The van der Waals surface area contributed by atoms with Crippen LogP contribution < -0.4 is 0 Å². The standard InChI is InChI=1S/C14H12N2O/c17-10-12-8-13-5-1-2-7-16(13)14(12)11-4-3-6-15-9-11/h1-9,17H,10H2. The highest BCUT2D eigenvalue weighted by Crippen LogP contribution is 2.26. The van der Waals surface area contributed by atoms with Crippen molar-refractivity contribution in [1.82, 2.24) is 9.38 Å². The molecule has 3 aromatic rings. The molecule has 3 heteroatoms. The Morgan fingerprint density at radius 1 is 1.18 bits per heavy atom. The summed E-state index contributed by atoms with van der Waals surface area (Å²) in [6, 6.07) is 11.9. The lowest BCUT2D eigenvalue weighted by molar-refractivity contribution is 0.282. The van der Waals surface area contributed by atoms with Gasteiger partial charge in [-0.15, -0.1) is 0 Å². The molecule has 0 atom stereocenters. The summed E-state index contributed by atoms with van der Waals surface area (Å²) in [6.45, 7) is 0.0336. The fraction of sp³-hybridized carbons (Fsp3) is 0.0714. The van der Waals surface area contributed by atoms with Crippen LogP contribution in [0.3, 0.4) is 0 Å². The normalized spacial score (nSPS) is 10.9. The number of aliphatic hydroxyl groups is 1. The van der Waals surface area contributed by atoms with Gasteiger partial charge in [0.05, 0.1) is 12.3 Å². The molecule has 17 heavy (non-hydrogen) atoms. The predicted octanol–water partition coefficient (Wildman–Crippen LogP) is 2.49. The molecule has 0 saturated carbocycles. The molecule has 0 aliphatic rings. The Morgan fingerprint density at radius 3 is 2.88 bits per heavy atom. The molecule has 0 saturated heterocycles. The number of pyridine rings is 2. The zero-order chi connectivity index (χ0) is 11.7. The lowest BCUT2D eigenvalue weighted by atomic mass is 10.1. The third kappa shape index (κ3) is 1.61. The fourth-order valence-electron chi connectivity index (χ4n) is 2.13. The van der Waals surface area contributed by atoms with Crippen molar-refractivity contribution >= 4 is 5.52 Å². The average molecular weight is 224 g/mol. The maximum Gasteiger partial charge on any atom is 0.0703 e. The predicted molar refractivity (Wildman–Crippen MR) is 66.6 cm³/mol. The van der Waals surface area contributed by atoms with E-state index in [1.807, 2.05) is 48.8 Å². The summed E-state index contributed by atoms with van der Waals surface area (Å²) in [5, 5.41) is 9.45. The lowest BCUT2D eigenvalue weighted by Crippen LogP contribution is -1.91. The quantitative estimate of drug-likeness (QED) is 0.726. The van der Waals surface area contributed by atoms with Gasteiger partial charge < -0.3 is 9.51 Å². The number of aliphatic hydroxyl groups excluding tert-OH is 1. The Hall–Kier alpha value is -2.13. The van der Waals surface area contributed by atoms with Crippen molar-refractivity contribution in [1.29, 1.82) is 0 Å². The maximum atomic E-state index is 9.45. The van der Waals surface area contributed by atoms with E-state index in [9.17, 15) is 5.11 Å². The van der Waals surface area contributed by atoms with Crippen molar-refractivity contribution in [3.8, 4) is 11.3 Å². The van der Waals surface area contributed by atoms with Gasteiger partial charge in [-0.25, -0.2) is 0 Å². The van der Waals surface area contributed by atoms with Crippen LogP contribution in [0, 0.1) is 0 Å². The second kappa shape index (κ2) is 4.03. The van der Waals surface area contributed by atoms with Crippen molar-refractivity contribution in [2.45, 2.75) is 6.61 Å². The van der Waals surface area contributed by atoms with Gasteiger partial charge in [0.2, 0.25) is 0 Å². The van der Waals surface area contributed by atoms with Crippen LogP contribution in [0.25, 0.3) is 16.8 Å². The molecular formula is C14H12N2O. The van der Waals surface area contributed by atoms with Crippen molar-refractivity contribution in [2.75, 3.05) is 0 Å². The van der Waals surface area contributed by atoms with Crippen LogP contribution in [-0.4, -0.2) is 14.5 Å². The van der Waals surface area contributed by atoms with E-state index in [4.69, 9.17) is 0 Å². The number of hydrogen-bond donors (Lipinski definition) is 1. The molecule has 0 unspecified atom stereocenters. The zero-order valence-corrected chi connectivity index (χ0v) is 9.24. The topological polar surface area (TPSA) is 37.5 Å². The Bertz CT molecular complexity index is 644. The summed E-state index contributed by atoms with van der Waals surface area (Å²) in [4.78, 5) is 4.13. The van der Waals surface area contributed by atoms with E-state index in [-0.39, 0.29) is 6.61 Å². The largest absolute Gasteiger partial charge is 0.392 e. The highest BCUT2D eigenvalue weighted by molar-refractivity contribution is 5.70. The van der Waals surface area contributed by atoms with Gasteiger partial charge in [-0.3, -0.25) is 4.98 Å². The highest BCUT2D eigenvalue weighted by atomic mass is 16.3. The van der Waals surface area contributed by atoms with Gasteiger partial charge in [0.1, 0.15) is 0 Å². The molecule has 0 aliphatic carbocycles. The van der Waals surface area contributed by atoms with Gasteiger partial charge in [-0.1, -0.05) is 6.07 Å². The molecule has 0 aromatic carbocycles. The Kier molecular flexibility index (Phi) is 2.38. The van der Waals surface area contributed by atoms with E-state index in [1.165, 1.54) is 0 Å². The van der Waals surface area contributed by atoms with Crippen LogP contribution in [0.5, 0.6) is 0 Å². The fourth-order valence-corrected chi connectivity index (χ4v) is 2.13. The first-order valence-corrected chi connectivity index (χ1v) is 5.50. The van der Waals surface area contributed by atoms with Gasteiger partial charge in [0.15, 0.2) is 0 Å². The Labute approximate surface area is 99.0 Å². The molecule has 3 nitrogen and oxygen atoms in total. The summed E-state index contributed by atoms with van der Waals surface area (Å²) in [7, 11) is 0. The van der Waals surface area contributed by atoms with E-state index in [1.54, 1.807) is 6.20 Å². The van der Waals surface area contributed by atoms with Gasteiger partial charge in [-0.05, 0) is 30.3 Å². The monoisotopic (exact) mass is 224 g/mol. The summed E-state index contributed by atoms with van der Waals surface area (Å²) in [6.07, 6.45) is 5.56. The van der Waals surface area contributed by atoms with E-state index in [0.29, 0.717) is 0 Å². The Balaban J connectivity index is 2.34. The summed E-state index contributed by atoms with van der Waals surface area (Å²) in [5.41, 5.74) is 4.03. The highest BCUT2D eigenvalue weighted by Gasteiger charge is 2.10. The Morgan fingerprint density at radius 2 is 2.12 bits per heavy atom. The van der Waals surface area contributed by atoms with Crippen LogP contribution in [-0.2, 0) is 6.61 Å². The molecule has 1 N–H and O–H groups in total. The molecule has 0 bridgehead atoms. The first-order chi connectivity index (χ1) is 8.40. The van der Waals surface area contributed by atoms with Gasteiger partial charge in [-0.2, -0.15) is 0 Å². The van der Waals surface area contributed by atoms with Crippen LogP contribution in [0.4, 0.5) is 0 Å². The summed E-state index contributed by atoms with van der Waals surface area (Å²) < 4.78 is 2.07. The van der Waals surface area contributed by atoms with Crippen LogP contribution >= 0.6 is 0 Å². The number of hydrogen-bond acceptors (Lipinski definition) is 2. The van der Waals surface area contributed by atoms with Crippen LogP contribution in [0.15, 0.2) is 55.0 Å². The second-order valence-electron chi connectivity index (χ2n) is 3.91. The van der Waals surface area contributed by atoms with Crippen LogP contribution in [0.1, 0.15) is 5.56 Å². The lowest BCUT2D eigenvalue weighted by Gasteiger charge is -2.04. The first-order valence-electron chi connectivity index (χ1n) is 5.50. The van der Waals surface area contributed by atoms with E-state index in [0.717, 1.165) is 22.3 Å². The number of aromatic nitrogens is 2. The smallest absolute Gasteiger partial charge is 0.0703 e. The molecule has 0 aliphatic heterocycles. The number of rotatable bonds is 2. The molecule has 3 heterocycles. The molecule has 0 spiro atoms. The first kappa shape index (κ1) is 10.1. The SMILES string of the molecule is OCc1cc2ccccn2c1-c1cccnc1. The van der Waals surface area contributed by atoms with Gasteiger partial charge in [0.25, 0.3) is 0 Å². The zero-order valence-electron chi connectivity index (χ0n) is 9.24. The molecule has 3 aromatic heterocycles. The molecular weight excluding hydrogens is 212 g/mol. The average Bonchev–Trinajstić information content (AvgIpc) is 2.78. The number of nitrogens with zero attached hydrogens (tertiary/aromatic N) is 2. The third-order valence-corrected chi connectivity index (χ3v) is 2.86. The van der Waals surface area contributed by atoms with Gasteiger partial charge >= 0.3 is 0 Å². The molecule has 0 fully saturated rings. The van der Waals surface area contributed by atoms with Crippen molar-refractivity contribution in [2.24, 2.45) is 0 Å². The second-order valence-corrected chi connectivity index (χ2v) is 3.91. The molecule has 0 radical (unpaired) electrons.